The number of hydrogen-bond acceptors (Lipinski definition) is 4. The van der Waals surface area contributed by atoms with Crippen LogP contribution in [-0.4, -0.2) is 36.8 Å². The van der Waals surface area contributed by atoms with Crippen molar-refractivity contribution in [2.75, 3.05) is 14.1 Å². The fourth-order valence-electron chi connectivity index (χ4n) is 3.21. The lowest BCUT2D eigenvalue weighted by Gasteiger charge is -2.19. The average Bonchev–Trinajstić information content (AvgIpc) is 2.98. The molecule has 0 amide bonds. The molecule has 0 bridgehead atoms. The molecule has 1 atom stereocenters. The van der Waals surface area contributed by atoms with E-state index in [4.69, 9.17) is 0 Å². The topological polar surface area (TPSA) is 42.3 Å². The third-order valence-corrected chi connectivity index (χ3v) is 8.45. The van der Waals surface area contributed by atoms with Crippen LogP contribution in [0.5, 0.6) is 0 Å². The van der Waals surface area contributed by atoms with Crippen LogP contribution in [-0.2, 0) is 22.4 Å². The molecule has 0 saturated heterocycles. The molecule has 33 heavy (non-hydrogen) atoms. The minimum atomic E-state index is -4.76. The molecule has 12 heteroatoms. The fourth-order valence-corrected chi connectivity index (χ4v) is 5.98. The Labute approximate surface area is 191 Å². The van der Waals surface area contributed by atoms with Gasteiger partial charge in [-0.05, 0) is 64.3 Å². The summed E-state index contributed by atoms with van der Waals surface area (Å²) in [5, 5.41) is -0.176. The number of thioether (sulfide) groups is 1. The highest BCUT2D eigenvalue weighted by atomic mass is 32.2. The summed E-state index contributed by atoms with van der Waals surface area (Å²) in [7, 11) is -1.04. The Morgan fingerprint density at radius 2 is 1.52 bits per heavy atom. The predicted molar refractivity (Wildman–Crippen MR) is 115 cm³/mol. The zero-order valence-electron chi connectivity index (χ0n) is 17.9. The molecule has 3 aromatic rings. The summed E-state index contributed by atoms with van der Waals surface area (Å²) in [4.78, 5) is 1.48. The number of benzene rings is 2. The third kappa shape index (κ3) is 4.87. The molecule has 4 nitrogen and oxygen atoms in total. The van der Waals surface area contributed by atoms with Crippen LogP contribution in [0.1, 0.15) is 23.7 Å². The maximum Gasteiger partial charge on any atom is 0.416 e. The SMILES string of the molecule is Cc1c(SC(C)N(C)C)c2cc(C(F)(F)F)ccc2n1S(=O)(=O)c1cccc(C(F)(F)F)c1. The van der Waals surface area contributed by atoms with Gasteiger partial charge in [0.2, 0.25) is 0 Å². The van der Waals surface area contributed by atoms with Crippen LogP contribution in [0.3, 0.4) is 0 Å². The van der Waals surface area contributed by atoms with Gasteiger partial charge < -0.3 is 0 Å². The van der Waals surface area contributed by atoms with Crippen molar-refractivity contribution in [1.29, 1.82) is 0 Å². The van der Waals surface area contributed by atoms with E-state index < -0.39 is 38.4 Å². The molecule has 1 aromatic heterocycles. The standard InChI is InChI=1S/C21H20F6N2O2S2/c1-12-19(32-13(2)28(3)4)17-11-15(21(25,26)27)8-9-18(17)29(12)33(30,31)16-7-5-6-14(10-16)20(22,23)24/h5-11,13H,1-4H3. The lowest BCUT2D eigenvalue weighted by atomic mass is 10.1. The summed E-state index contributed by atoms with van der Waals surface area (Å²) in [6.45, 7) is 3.21. The van der Waals surface area contributed by atoms with Gasteiger partial charge in [0.1, 0.15) is 0 Å². The van der Waals surface area contributed by atoms with Gasteiger partial charge in [-0.2, -0.15) is 26.3 Å². The van der Waals surface area contributed by atoms with Gasteiger partial charge >= 0.3 is 12.4 Å². The highest BCUT2D eigenvalue weighted by Gasteiger charge is 2.35. The maximum absolute atomic E-state index is 13.4. The van der Waals surface area contributed by atoms with Crippen LogP contribution in [0, 0.1) is 6.92 Å². The Hall–Kier alpha value is -2.18. The lowest BCUT2D eigenvalue weighted by molar-refractivity contribution is -0.138. The van der Waals surface area contributed by atoms with Crippen molar-refractivity contribution in [3.05, 3.63) is 59.3 Å². The zero-order valence-corrected chi connectivity index (χ0v) is 19.5. The fraction of sp³-hybridized carbons (Fsp3) is 0.333. The molecule has 0 aliphatic rings. The minimum Gasteiger partial charge on any atom is -0.298 e. The lowest BCUT2D eigenvalue weighted by Crippen LogP contribution is -2.21. The number of aromatic nitrogens is 1. The largest absolute Gasteiger partial charge is 0.416 e. The molecule has 0 aliphatic carbocycles. The van der Waals surface area contributed by atoms with Gasteiger partial charge in [0.15, 0.2) is 0 Å². The zero-order chi connectivity index (χ0) is 24.9. The van der Waals surface area contributed by atoms with Crippen molar-refractivity contribution in [1.82, 2.24) is 8.87 Å². The van der Waals surface area contributed by atoms with Crippen molar-refractivity contribution in [2.24, 2.45) is 0 Å². The van der Waals surface area contributed by atoms with Gasteiger partial charge in [-0.25, -0.2) is 12.4 Å². The molecule has 0 spiro atoms. The molecule has 2 aromatic carbocycles. The average molecular weight is 511 g/mol. The molecule has 0 aliphatic heterocycles. The van der Waals surface area contributed by atoms with Gasteiger partial charge in [0, 0.05) is 16.0 Å². The molecule has 0 N–H and O–H groups in total. The molecule has 0 radical (unpaired) electrons. The quantitative estimate of drug-likeness (QED) is 0.232. The molecule has 1 heterocycles. The van der Waals surface area contributed by atoms with Crippen LogP contribution in [0.25, 0.3) is 10.9 Å². The van der Waals surface area contributed by atoms with E-state index in [0.29, 0.717) is 11.0 Å². The molecule has 0 fully saturated rings. The maximum atomic E-state index is 13.4. The predicted octanol–water partition coefficient (Wildman–Crippen LogP) is 6.22. The molecular weight excluding hydrogens is 490 g/mol. The van der Waals surface area contributed by atoms with Crippen LogP contribution in [0.15, 0.2) is 52.3 Å². The third-order valence-electron chi connectivity index (χ3n) is 5.14. The second-order valence-corrected chi connectivity index (χ2v) is 10.7. The Balaban J connectivity index is 2.32. The van der Waals surface area contributed by atoms with E-state index in [9.17, 15) is 34.8 Å². The van der Waals surface area contributed by atoms with Gasteiger partial charge in [-0.15, -0.1) is 11.8 Å². The highest BCUT2D eigenvalue weighted by molar-refractivity contribution is 8.00. The van der Waals surface area contributed by atoms with E-state index >= 15 is 0 Å². The van der Waals surface area contributed by atoms with Gasteiger partial charge in [-0.1, -0.05) is 6.07 Å². The van der Waals surface area contributed by atoms with Crippen LogP contribution >= 0.6 is 11.8 Å². The first kappa shape index (κ1) is 25.4. The first-order chi connectivity index (χ1) is 15.0. The molecule has 3 rings (SSSR count). The first-order valence-corrected chi connectivity index (χ1v) is 11.9. The summed E-state index contributed by atoms with van der Waals surface area (Å²) >= 11 is 1.16. The summed E-state index contributed by atoms with van der Waals surface area (Å²) in [6.07, 6.45) is -9.41. The molecule has 1 unspecified atom stereocenters. The van der Waals surface area contributed by atoms with Gasteiger partial charge in [0.05, 0.1) is 26.9 Å². The number of fused-ring (bicyclic) bond motifs is 1. The van der Waals surface area contributed by atoms with E-state index in [1.807, 2.05) is 0 Å². The van der Waals surface area contributed by atoms with Gasteiger partial charge in [-0.3, -0.25) is 4.90 Å². The molecule has 180 valence electrons. The number of alkyl halides is 6. The van der Waals surface area contributed by atoms with Gasteiger partial charge in [0.25, 0.3) is 10.0 Å². The number of hydrogen-bond donors (Lipinski definition) is 0. The van der Waals surface area contributed by atoms with Crippen molar-refractivity contribution in [3.63, 3.8) is 0 Å². The number of nitrogens with zero attached hydrogens (tertiary/aromatic N) is 2. The summed E-state index contributed by atoms with van der Waals surface area (Å²) in [6, 6.07) is 5.91. The van der Waals surface area contributed by atoms with Crippen LogP contribution < -0.4 is 0 Å². The highest BCUT2D eigenvalue weighted by Crippen LogP contribution is 2.41. The van der Waals surface area contributed by atoms with Crippen molar-refractivity contribution >= 4 is 32.7 Å². The van der Waals surface area contributed by atoms with Crippen LogP contribution in [0.4, 0.5) is 26.3 Å². The monoisotopic (exact) mass is 510 g/mol. The molecular formula is C21H20F6N2O2S2. The Kier molecular flexibility index (Phi) is 6.59. The Morgan fingerprint density at radius 1 is 0.939 bits per heavy atom. The van der Waals surface area contributed by atoms with Crippen molar-refractivity contribution < 1.29 is 34.8 Å². The first-order valence-electron chi connectivity index (χ1n) is 9.53. The second kappa shape index (κ2) is 8.55. The summed E-state index contributed by atoms with van der Waals surface area (Å²) in [5.74, 6) is 0. The van der Waals surface area contributed by atoms with E-state index in [2.05, 4.69) is 0 Å². The number of halogens is 6. The van der Waals surface area contributed by atoms with E-state index in [1.54, 1.807) is 25.9 Å². The summed E-state index contributed by atoms with van der Waals surface area (Å²) in [5.41, 5.74) is -2.04. The summed E-state index contributed by atoms with van der Waals surface area (Å²) < 4.78 is 107. The van der Waals surface area contributed by atoms with E-state index in [1.165, 1.54) is 6.92 Å². The second-order valence-electron chi connectivity index (χ2n) is 7.62. The molecule has 0 saturated carbocycles. The van der Waals surface area contributed by atoms with E-state index in [-0.39, 0.29) is 22.0 Å². The van der Waals surface area contributed by atoms with Crippen molar-refractivity contribution in [3.8, 4) is 0 Å². The normalized spacial score (nSPS) is 14.3. The van der Waals surface area contributed by atoms with E-state index in [0.717, 1.165) is 52.1 Å². The van der Waals surface area contributed by atoms with Crippen molar-refractivity contribution in [2.45, 2.75) is 41.4 Å². The Bertz CT molecular complexity index is 1290. The smallest absolute Gasteiger partial charge is 0.298 e. The van der Waals surface area contributed by atoms with Crippen LogP contribution in [0.2, 0.25) is 0 Å². The number of rotatable bonds is 5. The minimum absolute atomic E-state index is 0.0497. The Morgan fingerprint density at radius 3 is 2.06 bits per heavy atom.